The number of nitrogens with zero attached hydrogens (tertiary/aromatic N) is 1. The number of nitrogens with two attached hydrogens (primary N) is 1. The summed E-state index contributed by atoms with van der Waals surface area (Å²) < 4.78 is 0. The van der Waals surface area contributed by atoms with Crippen molar-refractivity contribution < 1.29 is 50.5 Å². The van der Waals surface area contributed by atoms with Crippen molar-refractivity contribution in [1.82, 2.24) is 10.2 Å². The predicted octanol–water partition coefficient (Wildman–Crippen LogP) is -2.44. The summed E-state index contributed by atoms with van der Waals surface area (Å²) >= 11 is 1.43. The topological polar surface area (TPSA) is 113 Å². The fourth-order valence-electron chi connectivity index (χ4n) is 2.83. The van der Waals surface area contributed by atoms with Gasteiger partial charge in [0.25, 0.3) is 5.91 Å². The summed E-state index contributed by atoms with van der Waals surface area (Å²) in [5.41, 5.74) is 7.24. The van der Waals surface area contributed by atoms with Crippen LogP contribution in [0.3, 0.4) is 0 Å². The molecule has 1 aromatic carbocycles. The average Bonchev–Trinajstić information content (AvgIpc) is 2.59. The molecule has 1 saturated heterocycles. The van der Waals surface area contributed by atoms with E-state index in [9.17, 15) is 19.5 Å². The number of aliphatic carboxylic acids is 1. The van der Waals surface area contributed by atoms with Gasteiger partial charge in [0.1, 0.15) is 23.2 Å². The van der Waals surface area contributed by atoms with Crippen molar-refractivity contribution >= 4 is 29.5 Å². The molecule has 0 aromatic heterocycles. The number of amides is 2. The van der Waals surface area contributed by atoms with Crippen LogP contribution in [0, 0.1) is 0 Å². The molecular weight excluding hydrogens is 353 g/mol. The Labute approximate surface area is 172 Å². The summed E-state index contributed by atoms with van der Waals surface area (Å²) in [5, 5.41) is 11.5. The zero-order valence-corrected chi connectivity index (χ0v) is 16.7. The molecule has 9 heteroatoms. The fourth-order valence-corrected chi connectivity index (χ4v) is 4.12. The van der Waals surface area contributed by atoms with Gasteiger partial charge in [0.05, 0.1) is 0 Å². The van der Waals surface area contributed by atoms with Gasteiger partial charge in [0.15, 0.2) is 0 Å². The zero-order valence-electron chi connectivity index (χ0n) is 14.9. The molecule has 0 unspecified atom stereocenters. The SMILES string of the molecule is CC1=C(C(=O)O)N2C(=O)[C@@H](NC(=O)[C@H](N)c3ccccc3)[C@H]2SC1.[H-].[Na+]. The minimum absolute atomic E-state index is 0. The molecule has 1 aromatic rings. The number of rotatable bonds is 4. The van der Waals surface area contributed by atoms with Gasteiger partial charge >= 0.3 is 35.5 Å². The molecule has 2 aliphatic heterocycles. The number of hydrogen-bond acceptors (Lipinski definition) is 5. The van der Waals surface area contributed by atoms with Crippen molar-refractivity contribution in [2.45, 2.75) is 24.4 Å². The smallest absolute Gasteiger partial charge is 1.00 e. The molecule has 7 nitrogen and oxygen atoms in total. The molecule has 3 atom stereocenters. The second kappa shape index (κ2) is 7.92. The number of β-lactam (4-membered cyclic amide) rings is 1. The normalized spacial score (nSPS) is 23.1. The van der Waals surface area contributed by atoms with Crippen LogP contribution >= 0.6 is 11.8 Å². The third kappa shape index (κ3) is 3.63. The van der Waals surface area contributed by atoms with Crippen LogP contribution in [0.4, 0.5) is 0 Å². The molecule has 2 aliphatic rings. The van der Waals surface area contributed by atoms with E-state index in [-0.39, 0.29) is 36.7 Å². The van der Waals surface area contributed by atoms with Crippen LogP contribution < -0.4 is 40.6 Å². The third-order valence-corrected chi connectivity index (χ3v) is 5.52. The number of benzene rings is 1. The van der Waals surface area contributed by atoms with Gasteiger partial charge in [-0.2, -0.15) is 0 Å². The molecule has 3 rings (SSSR count). The number of nitrogens with one attached hydrogen (secondary N) is 1. The summed E-state index contributed by atoms with van der Waals surface area (Å²) in [6.45, 7) is 1.69. The largest absolute Gasteiger partial charge is 1.00 e. The summed E-state index contributed by atoms with van der Waals surface area (Å²) in [5.74, 6) is -1.50. The molecular formula is C16H18N3NaO4S. The van der Waals surface area contributed by atoms with E-state index in [1.807, 2.05) is 6.07 Å². The van der Waals surface area contributed by atoms with E-state index in [1.165, 1.54) is 16.7 Å². The molecule has 0 saturated carbocycles. The molecule has 1 fully saturated rings. The number of fused-ring (bicyclic) bond motifs is 1. The minimum atomic E-state index is -1.13. The zero-order chi connectivity index (χ0) is 17.4. The minimum Gasteiger partial charge on any atom is -1.00 e. The van der Waals surface area contributed by atoms with Crippen LogP contribution in [0.5, 0.6) is 0 Å². The second-order valence-corrected chi connectivity index (χ2v) is 6.82. The van der Waals surface area contributed by atoms with Gasteiger partial charge in [-0.3, -0.25) is 14.5 Å². The van der Waals surface area contributed by atoms with Gasteiger partial charge in [-0.05, 0) is 18.1 Å². The number of carbonyl (C=O) groups is 3. The number of carboxylic acid groups (broad SMARTS) is 1. The quantitative estimate of drug-likeness (QED) is 0.401. The number of carboxylic acids is 1. The summed E-state index contributed by atoms with van der Waals surface area (Å²) in [4.78, 5) is 37.2. The van der Waals surface area contributed by atoms with Crippen LogP contribution in [0.1, 0.15) is 20.0 Å². The van der Waals surface area contributed by atoms with Crippen molar-refractivity contribution in [3.8, 4) is 0 Å². The van der Waals surface area contributed by atoms with Gasteiger partial charge in [-0.25, -0.2) is 4.79 Å². The summed E-state index contributed by atoms with van der Waals surface area (Å²) in [6.07, 6.45) is 0. The summed E-state index contributed by atoms with van der Waals surface area (Å²) in [7, 11) is 0. The third-order valence-electron chi connectivity index (χ3n) is 4.10. The van der Waals surface area contributed by atoms with Crippen molar-refractivity contribution in [2.24, 2.45) is 5.73 Å². The molecule has 2 heterocycles. The first kappa shape index (κ1) is 20.0. The predicted molar refractivity (Wildman–Crippen MR) is 89.8 cm³/mol. The molecule has 128 valence electrons. The maximum absolute atomic E-state index is 12.3. The molecule has 0 radical (unpaired) electrons. The first-order valence-corrected chi connectivity index (χ1v) is 8.45. The monoisotopic (exact) mass is 371 g/mol. The van der Waals surface area contributed by atoms with Crippen LogP contribution in [0.25, 0.3) is 0 Å². The van der Waals surface area contributed by atoms with Gasteiger partial charge in [-0.15, -0.1) is 11.8 Å². The van der Waals surface area contributed by atoms with Crippen LogP contribution in [-0.4, -0.2) is 45.0 Å². The maximum Gasteiger partial charge on any atom is 1.00 e. The first-order valence-electron chi connectivity index (χ1n) is 7.40. The fraction of sp³-hybridized carbons (Fsp3) is 0.312. The molecule has 2 amide bonds. The van der Waals surface area contributed by atoms with E-state index in [4.69, 9.17) is 5.73 Å². The van der Waals surface area contributed by atoms with E-state index in [2.05, 4.69) is 5.32 Å². The van der Waals surface area contributed by atoms with E-state index in [1.54, 1.807) is 31.2 Å². The van der Waals surface area contributed by atoms with Crippen LogP contribution in [0.2, 0.25) is 0 Å². The van der Waals surface area contributed by atoms with E-state index < -0.39 is 35.2 Å². The Balaban J connectivity index is 0.00000169. The number of thioether (sulfide) groups is 1. The first-order chi connectivity index (χ1) is 11.4. The van der Waals surface area contributed by atoms with Crippen molar-refractivity contribution in [1.29, 1.82) is 0 Å². The Morgan fingerprint density at radius 3 is 2.64 bits per heavy atom. The molecule has 0 bridgehead atoms. The van der Waals surface area contributed by atoms with Gasteiger partial charge in [0, 0.05) is 5.75 Å². The Bertz CT molecular complexity index is 746. The Hall–Kier alpha value is -1.32. The Kier molecular flexibility index (Phi) is 6.34. The van der Waals surface area contributed by atoms with E-state index in [0.29, 0.717) is 16.9 Å². The van der Waals surface area contributed by atoms with Crippen molar-refractivity contribution in [2.75, 3.05) is 5.75 Å². The average molecular weight is 371 g/mol. The van der Waals surface area contributed by atoms with Crippen molar-refractivity contribution in [3.05, 3.63) is 47.2 Å². The Morgan fingerprint density at radius 1 is 1.40 bits per heavy atom. The molecule has 0 spiro atoms. The standard InChI is InChI=1S/C16H17N3O4S.Na.H/c1-8-7-24-15-11(14(21)19(15)12(8)16(22)23)18-13(20)10(17)9-5-3-2-4-6-9;;/h2-6,10-11,15H,7,17H2,1H3,(H,18,20)(H,22,23);;/q;+1;-1/t10-,11-,15-;;/m1../s1. The van der Waals surface area contributed by atoms with Gasteiger partial charge in [0.2, 0.25) is 5.91 Å². The molecule has 0 aliphatic carbocycles. The van der Waals surface area contributed by atoms with E-state index >= 15 is 0 Å². The van der Waals surface area contributed by atoms with Crippen LogP contribution in [-0.2, 0) is 14.4 Å². The maximum atomic E-state index is 12.3. The Morgan fingerprint density at radius 2 is 2.04 bits per heavy atom. The van der Waals surface area contributed by atoms with E-state index in [0.717, 1.165) is 0 Å². The van der Waals surface area contributed by atoms with Gasteiger partial charge in [-0.1, -0.05) is 30.3 Å². The molecule has 25 heavy (non-hydrogen) atoms. The van der Waals surface area contributed by atoms with Crippen molar-refractivity contribution in [3.63, 3.8) is 0 Å². The second-order valence-electron chi connectivity index (χ2n) is 5.72. The number of hydrogen-bond donors (Lipinski definition) is 3. The van der Waals surface area contributed by atoms with Gasteiger partial charge < -0.3 is 17.6 Å². The summed E-state index contributed by atoms with van der Waals surface area (Å²) in [6, 6.07) is 7.23. The van der Waals surface area contributed by atoms with Crippen LogP contribution in [0.15, 0.2) is 41.6 Å². The number of carbonyl (C=O) groups excluding carboxylic acids is 2. The molecule has 4 N–H and O–H groups in total.